The summed E-state index contributed by atoms with van der Waals surface area (Å²) in [5, 5.41) is 16.5. The lowest BCUT2D eigenvalue weighted by molar-refractivity contribution is 0.0648. The highest BCUT2D eigenvalue weighted by Gasteiger charge is 2.23. The lowest BCUT2D eigenvalue weighted by atomic mass is 9.98. The molecule has 0 aliphatic rings. The van der Waals surface area contributed by atoms with Gasteiger partial charge in [0.2, 0.25) is 5.13 Å². The molecule has 1 amide bonds. The van der Waals surface area contributed by atoms with Gasteiger partial charge >= 0.3 is 4.87 Å². The molecule has 2 aromatic heterocycles. The second-order valence-electron chi connectivity index (χ2n) is 7.72. The van der Waals surface area contributed by atoms with Gasteiger partial charge < -0.3 is 9.84 Å². The van der Waals surface area contributed by atoms with Crippen LogP contribution in [-0.4, -0.2) is 38.5 Å². The number of carbonyl (C=O) groups excluding carboxylic acids is 1. The summed E-state index contributed by atoms with van der Waals surface area (Å²) in [5.74, 6) is -1.16. The molecule has 3 rings (SSSR count). The van der Waals surface area contributed by atoms with Crippen molar-refractivity contribution >= 4 is 34.0 Å². The Bertz CT molecular complexity index is 1220. The van der Waals surface area contributed by atoms with Gasteiger partial charge in [-0.2, -0.15) is 0 Å². The fraction of sp³-hybridized carbons (Fsp3) is 0.333. The van der Waals surface area contributed by atoms with E-state index in [1.54, 1.807) is 26.8 Å². The van der Waals surface area contributed by atoms with Crippen molar-refractivity contribution in [1.29, 1.82) is 0 Å². The van der Waals surface area contributed by atoms with Crippen LogP contribution < -0.4 is 14.9 Å². The molecule has 3 aromatic rings. The summed E-state index contributed by atoms with van der Waals surface area (Å²) in [5.41, 5.74) is -0.0887. The van der Waals surface area contributed by atoms with Crippen molar-refractivity contribution in [2.45, 2.75) is 39.3 Å². The van der Waals surface area contributed by atoms with Crippen molar-refractivity contribution in [2.24, 2.45) is 0 Å². The van der Waals surface area contributed by atoms with E-state index in [9.17, 15) is 19.1 Å². The molecular formula is C21H22ClFN4O4S. The van der Waals surface area contributed by atoms with Gasteiger partial charge in [-0.25, -0.2) is 9.07 Å². The SMILES string of the molecule is COc1ccc(Cl)c(F)c1-c1cc(C)ncc1C(=O)Nc1nn(CCC(C)(C)O)c(=O)s1. The Morgan fingerprint density at radius 2 is 2.12 bits per heavy atom. The highest BCUT2D eigenvalue weighted by atomic mass is 35.5. The Labute approximate surface area is 192 Å². The number of nitrogens with one attached hydrogen (secondary N) is 1. The molecule has 0 bridgehead atoms. The van der Waals surface area contributed by atoms with Gasteiger partial charge in [-0.15, -0.1) is 5.10 Å². The normalized spacial score (nSPS) is 11.5. The third kappa shape index (κ3) is 5.32. The summed E-state index contributed by atoms with van der Waals surface area (Å²) in [4.78, 5) is 29.0. The molecule has 0 aliphatic carbocycles. The number of rotatable bonds is 7. The minimum atomic E-state index is -0.963. The highest BCUT2D eigenvalue weighted by Crippen LogP contribution is 2.38. The zero-order valence-corrected chi connectivity index (χ0v) is 19.5. The number of aliphatic hydroxyl groups is 1. The number of halogens is 2. The number of anilines is 1. The van der Waals surface area contributed by atoms with Gasteiger partial charge in [-0.1, -0.05) is 11.6 Å². The van der Waals surface area contributed by atoms with Crippen molar-refractivity contribution in [3.05, 3.63) is 56.2 Å². The Morgan fingerprint density at radius 1 is 1.41 bits per heavy atom. The first-order valence-electron chi connectivity index (χ1n) is 9.61. The van der Waals surface area contributed by atoms with Crippen LogP contribution in [0.4, 0.5) is 9.52 Å². The Kier molecular flexibility index (Phi) is 6.97. The number of amides is 1. The predicted octanol–water partition coefficient (Wildman–Crippen LogP) is 3.89. The monoisotopic (exact) mass is 480 g/mol. The van der Waals surface area contributed by atoms with E-state index in [-0.39, 0.29) is 44.0 Å². The molecular weight excluding hydrogens is 459 g/mol. The minimum Gasteiger partial charge on any atom is -0.496 e. The van der Waals surface area contributed by atoms with E-state index in [1.807, 2.05) is 0 Å². The zero-order chi connectivity index (χ0) is 23.6. The second-order valence-corrected chi connectivity index (χ2v) is 9.07. The van der Waals surface area contributed by atoms with Crippen molar-refractivity contribution in [2.75, 3.05) is 12.4 Å². The summed E-state index contributed by atoms with van der Waals surface area (Å²) >= 11 is 6.71. The van der Waals surface area contributed by atoms with Gasteiger partial charge in [0.05, 0.1) is 28.9 Å². The van der Waals surface area contributed by atoms with Gasteiger partial charge in [0.1, 0.15) is 5.75 Å². The maximum Gasteiger partial charge on any atom is 0.326 e. The molecule has 2 heterocycles. The van der Waals surface area contributed by atoms with E-state index in [0.29, 0.717) is 12.1 Å². The van der Waals surface area contributed by atoms with E-state index < -0.39 is 17.3 Å². The first-order valence-corrected chi connectivity index (χ1v) is 10.8. The maximum atomic E-state index is 14.9. The smallest absolute Gasteiger partial charge is 0.326 e. The van der Waals surface area contributed by atoms with Gasteiger partial charge in [0, 0.05) is 24.0 Å². The van der Waals surface area contributed by atoms with Crippen molar-refractivity contribution in [3.63, 3.8) is 0 Å². The Balaban J connectivity index is 1.97. The van der Waals surface area contributed by atoms with E-state index in [0.717, 1.165) is 11.3 Å². The number of hydrogen-bond acceptors (Lipinski definition) is 7. The van der Waals surface area contributed by atoms with Crippen LogP contribution in [0.25, 0.3) is 11.1 Å². The molecule has 0 saturated heterocycles. The quantitative estimate of drug-likeness (QED) is 0.531. The molecule has 0 spiro atoms. The van der Waals surface area contributed by atoms with Gasteiger partial charge in [0.15, 0.2) is 5.82 Å². The number of nitrogens with zero attached hydrogens (tertiary/aromatic N) is 3. The minimum absolute atomic E-state index is 0.0274. The first kappa shape index (κ1) is 23.8. The van der Waals surface area contributed by atoms with Crippen LogP contribution in [0.3, 0.4) is 0 Å². The maximum absolute atomic E-state index is 14.9. The van der Waals surface area contributed by atoms with Crippen molar-refractivity contribution < 1.29 is 19.0 Å². The average molecular weight is 481 g/mol. The molecule has 32 heavy (non-hydrogen) atoms. The second kappa shape index (κ2) is 9.35. The van der Waals surface area contributed by atoms with E-state index in [4.69, 9.17) is 16.3 Å². The van der Waals surface area contributed by atoms with Crippen LogP contribution in [-0.2, 0) is 6.54 Å². The van der Waals surface area contributed by atoms with Crippen molar-refractivity contribution in [3.8, 4) is 16.9 Å². The van der Waals surface area contributed by atoms with Crippen LogP contribution in [0.1, 0.15) is 36.3 Å². The van der Waals surface area contributed by atoms with Gasteiger partial charge in [0.25, 0.3) is 5.91 Å². The molecule has 2 N–H and O–H groups in total. The van der Waals surface area contributed by atoms with Crippen LogP contribution in [0, 0.1) is 12.7 Å². The fourth-order valence-corrected chi connectivity index (χ4v) is 3.79. The van der Waals surface area contributed by atoms with E-state index in [1.165, 1.54) is 30.1 Å². The Hall–Kier alpha value is -2.82. The summed E-state index contributed by atoms with van der Waals surface area (Å²) in [6, 6.07) is 4.43. The predicted molar refractivity (Wildman–Crippen MR) is 121 cm³/mol. The topological polar surface area (TPSA) is 106 Å². The third-order valence-electron chi connectivity index (χ3n) is 4.59. The molecule has 0 fully saturated rings. The van der Waals surface area contributed by atoms with Gasteiger partial charge in [-0.05, 0) is 56.7 Å². The van der Waals surface area contributed by atoms with E-state index >= 15 is 0 Å². The molecule has 8 nitrogen and oxygen atoms in total. The number of ether oxygens (including phenoxy) is 1. The molecule has 0 atom stereocenters. The number of methoxy groups -OCH3 is 1. The molecule has 0 aliphatic heterocycles. The van der Waals surface area contributed by atoms with Crippen LogP contribution in [0.5, 0.6) is 5.75 Å². The molecule has 11 heteroatoms. The Morgan fingerprint density at radius 3 is 2.78 bits per heavy atom. The number of benzene rings is 1. The van der Waals surface area contributed by atoms with Gasteiger partial charge in [-0.3, -0.25) is 19.9 Å². The fourth-order valence-electron chi connectivity index (χ4n) is 2.94. The van der Waals surface area contributed by atoms with Crippen LogP contribution >= 0.6 is 22.9 Å². The molecule has 0 unspecified atom stereocenters. The summed E-state index contributed by atoms with van der Waals surface area (Å²) in [6.45, 7) is 5.15. The number of aryl methyl sites for hydroxylation is 2. The number of aromatic nitrogens is 3. The largest absolute Gasteiger partial charge is 0.496 e. The highest BCUT2D eigenvalue weighted by molar-refractivity contribution is 7.13. The third-order valence-corrected chi connectivity index (χ3v) is 5.65. The number of carbonyl (C=O) groups is 1. The van der Waals surface area contributed by atoms with E-state index in [2.05, 4.69) is 15.4 Å². The number of pyridine rings is 1. The van der Waals surface area contributed by atoms with Crippen LogP contribution in [0.2, 0.25) is 5.02 Å². The molecule has 0 radical (unpaired) electrons. The van der Waals surface area contributed by atoms with Crippen molar-refractivity contribution in [1.82, 2.24) is 14.8 Å². The number of hydrogen-bond donors (Lipinski definition) is 2. The zero-order valence-electron chi connectivity index (χ0n) is 17.9. The van der Waals surface area contributed by atoms with Crippen LogP contribution in [0.15, 0.2) is 29.2 Å². The molecule has 170 valence electrons. The molecule has 1 aromatic carbocycles. The standard InChI is InChI=1S/C21H22ClFN4O4S/c1-11-9-12(16-15(31-4)6-5-14(22)17(16)23)13(10-24-11)18(28)25-19-26-27(20(29)32-19)8-7-21(2,3)30/h5-6,9-10,30H,7-8H2,1-4H3,(H,25,26,28). The average Bonchev–Trinajstić information content (AvgIpc) is 3.06. The summed E-state index contributed by atoms with van der Waals surface area (Å²) in [6.07, 6.45) is 1.62. The molecule has 0 saturated carbocycles. The lowest BCUT2D eigenvalue weighted by Gasteiger charge is -2.15. The summed E-state index contributed by atoms with van der Waals surface area (Å²) in [7, 11) is 1.39. The summed E-state index contributed by atoms with van der Waals surface area (Å²) < 4.78 is 21.4. The lowest BCUT2D eigenvalue weighted by Crippen LogP contribution is -2.25. The first-order chi connectivity index (χ1) is 15.0.